The van der Waals surface area contributed by atoms with Gasteiger partial charge in [-0.2, -0.15) is 4.90 Å². The molecule has 2 aliphatic heterocycles. The van der Waals surface area contributed by atoms with Crippen LogP contribution in [0.4, 0.5) is 4.79 Å². The summed E-state index contributed by atoms with van der Waals surface area (Å²) in [5.74, 6) is -0.933. The van der Waals surface area contributed by atoms with E-state index < -0.39 is 29.3 Å². The number of hydrogen-bond acceptors (Lipinski definition) is 5. The first kappa shape index (κ1) is 14.6. The first-order chi connectivity index (χ1) is 10.2. The standard InChI is InChI=1S/C16H17NO5/c1-15(2,3)22-14(20)17-13(19)10-6-4-5-7-11(10)16(17)9-8-12(18)21-16/h4-7H,8-9H2,1-3H3. The fourth-order valence-corrected chi connectivity index (χ4v) is 2.86. The lowest BCUT2D eigenvalue weighted by atomic mass is 9.99. The largest absolute Gasteiger partial charge is 0.443 e. The van der Waals surface area contributed by atoms with E-state index in [9.17, 15) is 14.4 Å². The molecule has 2 heterocycles. The number of carbonyl (C=O) groups excluding carboxylic acids is 3. The summed E-state index contributed by atoms with van der Waals surface area (Å²) in [6.07, 6.45) is -0.405. The fraction of sp³-hybridized carbons (Fsp3) is 0.438. The lowest BCUT2D eigenvalue weighted by Gasteiger charge is -2.33. The monoisotopic (exact) mass is 303 g/mol. The Morgan fingerprint density at radius 2 is 1.95 bits per heavy atom. The second-order valence-corrected chi connectivity index (χ2v) is 6.42. The predicted octanol–water partition coefficient (Wildman–Crippen LogP) is 2.57. The van der Waals surface area contributed by atoms with E-state index in [0.29, 0.717) is 11.1 Å². The van der Waals surface area contributed by atoms with Crippen LogP contribution in [0, 0.1) is 0 Å². The Hall–Kier alpha value is -2.37. The van der Waals surface area contributed by atoms with Crippen molar-refractivity contribution >= 4 is 18.0 Å². The number of fused-ring (bicyclic) bond motifs is 2. The summed E-state index contributed by atoms with van der Waals surface area (Å²) >= 11 is 0. The molecule has 6 heteroatoms. The molecule has 1 spiro atoms. The third-order valence-corrected chi connectivity index (χ3v) is 3.67. The number of amides is 2. The molecule has 6 nitrogen and oxygen atoms in total. The number of carbonyl (C=O) groups is 3. The van der Waals surface area contributed by atoms with Crippen molar-refractivity contribution in [1.82, 2.24) is 4.90 Å². The van der Waals surface area contributed by atoms with Gasteiger partial charge in [0.1, 0.15) is 5.60 Å². The molecule has 22 heavy (non-hydrogen) atoms. The molecule has 0 saturated carbocycles. The smallest absolute Gasteiger partial charge is 0.420 e. The number of nitrogens with zero attached hydrogens (tertiary/aromatic N) is 1. The van der Waals surface area contributed by atoms with E-state index >= 15 is 0 Å². The molecular weight excluding hydrogens is 286 g/mol. The van der Waals surface area contributed by atoms with Crippen LogP contribution in [0.25, 0.3) is 0 Å². The quantitative estimate of drug-likeness (QED) is 0.689. The second kappa shape index (κ2) is 4.56. The van der Waals surface area contributed by atoms with Crippen molar-refractivity contribution in [3.05, 3.63) is 35.4 Å². The summed E-state index contributed by atoms with van der Waals surface area (Å²) in [5, 5.41) is 0. The first-order valence-electron chi connectivity index (χ1n) is 7.13. The average molecular weight is 303 g/mol. The molecule has 0 aliphatic carbocycles. The second-order valence-electron chi connectivity index (χ2n) is 6.42. The normalized spacial score (nSPS) is 23.7. The lowest BCUT2D eigenvalue weighted by molar-refractivity contribution is -0.160. The van der Waals surface area contributed by atoms with Crippen LogP contribution in [0.5, 0.6) is 0 Å². The molecule has 116 valence electrons. The Bertz CT molecular complexity index is 675. The molecule has 0 aromatic heterocycles. The van der Waals surface area contributed by atoms with Gasteiger partial charge in [0.05, 0.1) is 6.42 Å². The zero-order valence-electron chi connectivity index (χ0n) is 12.7. The van der Waals surface area contributed by atoms with E-state index in [1.54, 1.807) is 45.0 Å². The van der Waals surface area contributed by atoms with Crippen LogP contribution in [0.1, 0.15) is 49.5 Å². The molecule has 0 bridgehead atoms. The summed E-state index contributed by atoms with van der Waals surface area (Å²) in [5.41, 5.74) is -1.22. The van der Waals surface area contributed by atoms with E-state index in [1.807, 2.05) is 0 Å². The van der Waals surface area contributed by atoms with Gasteiger partial charge in [-0.05, 0) is 26.8 Å². The number of ether oxygens (including phenoxy) is 2. The summed E-state index contributed by atoms with van der Waals surface area (Å²) in [6.45, 7) is 5.14. The molecule has 1 aromatic carbocycles. The minimum absolute atomic E-state index is 0.154. The Labute approximate surface area is 128 Å². The Kier molecular flexibility index (Phi) is 3.02. The number of benzene rings is 1. The number of imide groups is 1. The van der Waals surface area contributed by atoms with E-state index in [0.717, 1.165) is 4.90 Å². The summed E-state index contributed by atoms with van der Waals surface area (Å²) in [6, 6.07) is 6.78. The molecular formula is C16H17NO5. The van der Waals surface area contributed by atoms with Gasteiger partial charge in [-0.15, -0.1) is 0 Å². The molecule has 0 radical (unpaired) electrons. The summed E-state index contributed by atoms with van der Waals surface area (Å²) in [7, 11) is 0. The van der Waals surface area contributed by atoms with Crippen molar-refractivity contribution in [2.75, 3.05) is 0 Å². The number of esters is 1. The maximum Gasteiger partial charge on any atom is 0.420 e. The third-order valence-electron chi connectivity index (χ3n) is 3.67. The van der Waals surface area contributed by atoms with Crippen LogP contribution in [0.2, 0.25) is 0 Å². The van der Waals surface area contributed by atoms with Gasteiger partial charge < -0.3 is 9.47 Å². The number of rotatable bonds is 0. The fourth-order valence-electron chi connectivity index (χ4n) is 2.86. The highest BCUT2D eigenvalue weighted by molar-refractivity contribution is 6.08. The van der Waals surface area contributed by atoms with Gasteiger partial charge in [0.15, 0.2) is 0 Å². The zero-order chi connectivity index (χ0) is 16.1. The van der Waals surface area contributed by atoms with Gasteiger partial charge in [-0.1, -0.05) is 18.2 Å². The SMILES string of the molecule is CC(C)(C)OC(=O)N1C(=O)c2ccccc2C12CCC(=O)O2. The van der Waals surface area contributed by atoms with Crippen molar-refractivity contribution in [3.8, 4) is 0 Å². The molecule has 3 rings (SSSR count). The average Bonchev–Trinajstić information content (AvgIpc) is 2.89. The van der Waals surface area contributed by atoms with Crippen LogP contribution < -0.4 is 0 Å². The van der Waals surface area contributed by atoms with E-state index in [-0.39, 0.29) is 12.8 Å². The topological polar surface area (TPSA) is 72.9 Å². The molecule has 1 aromatic rings. The van der Waals surface area contributed by atoms with E-state index in [2.05, 4.69) is 0 Å². The summed E-state index contributed by atoms with van der Waals surface area (Å²) in [4.78, 5) is 37.7. The molecule has 1 unspecified atom stereocenters. The third kappa shape index (κ3) is 2.06. The van der Waals surface area contributed by atoms with Gasteiger partial charge >= 0.3 is 12.1 Å². The highest BCUT2D eigenvalue weighted by Crippen LogP contribution is 2.47. The highest BCUT2D eigenvalue weighted by Gasteiger charge is 2.59. The molecule has 2 aliphatic rings. The van der Waals surface area contributed by atoms with Crippen molar-refractivity contribution in [3.63, 3.8) is 0 Å². The Morgan fingerprint density at radius 3 is 2.55 bits per heavy atom. The van der Waals surface area contributed by atoms with Crippen LogP contribution in [-0.2, 0) is 20.0 Å². The molecule has 1 atom stereocenters. The molecule has 1 fully saturated rings. The maximum atomic E-state index is 12.6. The van der Waals surface area contributed by atoms with Gasteiger partial charge in [-0.25, -0.2) is 4.79 Å². The predicted molar refractivity (Wildman–Crippen MR) is 75.8 cm³/mol. The first-order valence-corrected chi connectivity index (χ1v) is 7.13. The van der Waals surface area contributed by atoms with Crippen LogP contribution in [-0.4, -0.2) is 28.5 Å². The van der Waals surface area contributed by atoms with E-state index in [1.165, 1.54) is 0 Å². The van der Waals surface area contributed by atoms with Crippen molar-refractivity contribution < 1.29 is 23.9 Å². The molecule has 2 amide bonds. The molecule has 0 N–H and O–H groups in total. The Morgan fingerprint density at radius 1 is 1.27 bits per heavy atom. The highest BCUT2D eigenvalue weighted by atomic mass is 16.6. The van der Waals surface area contributed by atoms with Crippen LogP contribution in [0.15, 0.2) is 24.3 Å². The zero-order valence-corrected chi connectivity index (χ0v) is 12.7. The molecule has 1 saturated heterocycles. The maximum absolute atomic E-state index is 12.6. The van der Waals surface area contributed by atoms with Crippen molar-refractivity contribution in [2.45, 2.75) is 44.9 Å². The van der Waals surface area contributed by atoms with E-state index in [4.69, 9.17) is 9.47 Å². The van der Waals surface area contributed by atoms with Crippen LogP contribution in [0.3, 0.4) is 0 Å². The van der Waals surface area contributed by atoms with Gasteiger partial charge in [-0.3, -0.25) is 9.59 Å². The van der Waals surface area contributed by atoms with Gasteiger partial charge in [0, 0.05) is 17.5 Å². The van der Waals surface area contributed by atoms with Gasteiger partial charge in [0.2, 0.25) is 5.72 Å². The minimum Gasteiger partial charge on any atom is -0.443 e. The minimum atomic E-state index is -1.37. The van der Waals surface area contributed by atoms with Crippen molar-refractivity contribution in [2.24, 2.45) is 0 Å². The lowest BCUT2D eigenvalue weighted by Crippen LogP contribution is -2.49. The van der Waals surface area contributed by atoms with Crippen molar-refractivity contribution in [1.29, 1.82) is 0 Å². The van der Waals surface area contributed by atoms with Crippen LogP contribution >= 0.6 is 0 Å². The summed E-state index contributed by atoms with van der Waals surface area (Å²) < 4.78 is 10.7. The Balaban J connectivity index is 2.08. The van der Waals surface area contributed by atoms with Gasteiger partial charge in [0.25, 0.3) is 5.91 Å². The number of hydrogen-bond donors (Lipinski definition) is 0.